The molecule has 0 spiro atoms. The molecule has 2 N–H and O–H groups in total. The molecule has 104 valence electrons. The van der Waals surface area contributed by atoms with Gasteiger partial charge in [-0.25, -0.2) is 4.79 Å². The average molecular weight is 284 g/mol. The highest BCUT2D eigenvalue weighted by Gasteiger charge is 2.25. The van der Waals surface area contributed by atoms with Crippen LogP contribution >= 0.6 is 11.3 Å². The van der Waals surface area contributed by atoms with Gasteiger partial charge in [-0.2, -0.15) is 11.3 Å². The van der Waals surface area contributed by atoms with Crippen LogP contribution in [0.25, 0.3) is 0 Å². The standard InChI is InChI=1S/C12H16N2O4S/c15-11(16)5-10-7-14(2-3-18-10)12(17)13-6-9-1-4-19-8-9/h1,4,8,10H,2-3,5-7H2,(H,13,17)(H,15,16). The topological polar surface area (TPSA) is 78.9 Å². The van der Waals surface area contributed by atoms with Crippen molar-refractivity contribution in [2.24, 2.45) is 0 Å². The van der Waals surface area contributed by atoms with Gasteiger partial charge in [0.1, 0.15) is 0 Å². The van der Waals surface area contributed by atoms with Gasteiger partial charge in [-0.1, -0.05) is 0 Å². The predicted molar refractivity (Wildman–Crippen MR) is 70.1 cm³/mol. The van der Waals surface area contributed by atoms with Crippen LogP contribution in [0.3, 0.4) is 0 Å². The first kappa shape index (κ1) is 13.8. The van der Waals surface area contributed by atoms with E-state index in [2.05, 4.69) is 5.32 Å². The fraction of sp³-hybridized carbons (Fsp3) is 0.500. The molecule has 7 heteroatoms. The molecule has 0 radical (unpaired) electrons. The van der Waals surface area contributed by atoms with Gasteiger partial charge in [0.25, 0.3) is 0 Å². The molecular formula is C12H16N2O4S. The summed E-state index contributed by atoms with van der Waals surface area (Å²) < 4.78 is 5.32. The highest BCUT2D eigenvalue weighted by Crippen LogP contribution is 2.10. The molecular weight excluding hydrogens is 268 g/mol. The van der Waals surface area contributed by atoms with Crippen molar-refractivity contribution in [3.8, 4) is 0 Å². The number of nitrogens with zero attached hydrogens (tertiary/aromatic N) is 1. The predicted octanol–water partition coefficient (Wildman–Crippen LogP) is 1.13. The number of rotatable bonds is 4. The van der Waals surface area contributed by atoms with Gasteiger partial charge in [-0.05, 0) is 22.4 Å². The molecule has 0 bridgehead atoms. The van der Waals surface area contributed by atoms with Crippen molar-refractivity contribution in [1.29, 1.82) is 0 Å². The maximum Gasteiger partial charge on any atom is 0.317 e. The highest BCUT2D eigenvalue weighted by atomic mass is 32.1. The van der Waals surface area contributed by atoms with Gasteiger partial charge in [0.2, 0.25) is 0 Å². The number of carboxylic acid groups (broad SMARTS) is 1. The number of aliphatic carboxylic acids is 1. The molecule has 0 aliphatic carbocycles. The molecule has 19 heavy (non-hydrogen) atoms. The fourth-order valence-corrected chi connectivity index (χ4v) is 2.57. The monoisotopic (exact) mass is 284 g/mol. The van der Waals surface area contributed by atoms with Crippen molar-refractivity contribution in [3.63, 3.8) is 0 Å². The van der Waals surface area contributed by atoms with E-state index in [1.165, 1.54) is 0 Å². The Hall–Kier alpha value is -1.60. The molecule has 2 heterocycles. The summed E-state index contributed by atoms with van der Waals surface area (Å²) in [5.41, 5.74) is 1.06. The van der Waals surface area contributed by atoms with E-state index >= 15 is 0 Å². The summed E-state index contributed by atoms with van der Waals surface area (Å²) in [4.78, 5) is 24.2. The van der Waals surface area contributed by atoms with E-state index in [1.807, 2.05) is 16.8 Å². The Morgan fingerprint density at radius 2 is 2.42 bits per heavy atom. The molecule has 2 rings (SSSR count). The van der Waals surface area contributed by atoms with Gasteiger partial charge in [0.15, 0.2) is 0 Å². The first-order valence-corrected chi connectivity index (χ1v) is 6.96. The average Bonchev–Trinajstić information content (AvgIpc) is 2.88. The van der Waals surface area contributed by atoms with Gasteiger partial charge in [-0.3, -0.25) is 4.79 Å². The largest absolute Gasteiger partial charge is 0.481 e. The summed E-state index contributed by atoms with van der Waals surface area (Å²) in [6.45, 7) is 1.68. The molecule has 1 fully saturated rings. The fourth-order valence-electron chi connectivity index (χ4n) is 1.90. The smallest absolute Gasteiger partial charge is 0.317 e. The van der Waals surface area contributed by atoms with Crippen LogP contribution in [0.15, 0.2) is 16.8 Å². The zero-order chi connectivity index (χ0) is 13.7. The van der Waals surface area contributed by atoms with Gasteiger partial charge in [-0.15, -0.1) is 0 Å². The van der Waals surface area contributed by atoms with Crippen molar-refractivity contribution in [2.45, 2.75) is 19.1 Å². The summed E-state index contributed by atoms with van der Waals surface area (Å²) in [5.74, 6) is -0.912. The first-order chi connectivity index (χ1) is 9.15. The summed E-state index contributed by atoms with van der Waals surface area (Å²) in [6, 6.07) is 1.78. The Morgan fingerprint density at radius 1 is 1.58 bits per heavy atom. The van der Waals surface area contributed by atoms with Gasteiger partial charge in [0.05, 0.1) is 19.1 Å². The zero-order valence-corrected chi connectivity index (χ0v) is 11.2. The number of nitrogens with one attached hydrogen (secondary N) is 1. The van der Waals surface area contributed by atoms with Gasteiger partial charge >= 0.3 is 12.0 Å². The lowest BCUT2D eigenvalue weighted by molar-refractivity contribution is -0.141. The van der Waals surface area contributed by atoms with Crippen molar-refractivity contribution in [1.82, 2.24) is 10.2 Å². The molecule has 1 aromatic rings. The molecule has 1 atom stereocenters. The van der Waals surface area contributed by atoms with Crippen molar-refractivity contribution in [2.75, 3.05) is 19.7 Å². The Kier molecular flexibility index (Phi) is 4.75. The van der Waals surface area contributed by atoms with E-state index in [0.29, 0.717) is 26.2 Å². The minimum absolute atomic E-state index is 0.0751. The summed E-state index contributed by atoms with van der Waals surface area (Å²) in [5, 5.41) is 15.5. The van der Waals surface area contributed by atoms with Crippen LogP contribution in [0, 0.1) is 0 Å². The van der Waals surface area contributed by atoms with Crippen molar-refractivity contribution >= 4 is 23.3 Å². The Bertz CT molecular complexity index is 435. The van der Waals surface area contributed by atoms with E-state index in [9.17, 15) is 9.59 Å². The van der Waals surface area contributed by atoms with Crippen LogP contribution in [0.5, 0.6) is 0 Å². The van der Waals surface area contributed by atoms with Crippen LogP contribution in [0.4, 0.5) is 4.79 Å². The molecule has 2 amide bonds. The molecule has 1 unspecified atom stereocenters. The number of morpholine rings is 1. The third-order valence-corrected chi connectivity index (χ3v) is 3.58. The van der Waals surface area contributed by atoms with Crippen molar-refractivity contribution in [3.05, 3.63) is 22.4 Å². The van der Waals surface area contributed by atoms with Gasteiger partial charge < -0.3 is 20.1 Å². The lowest BCUT2D eigenvalue weighted by atomic mass is 10.2. The maximum absolute atomic E-state index is 11.9. The van der Waals surface area contributed by atoms with E-state index in [1.54, 1.807) is 16.2 Å². The van der Waals surface area contributed by atoms with E-state index in [4.69, 9.17) is 9.84 Å². The highest BCUT2D eigenvalue weighted by molar-refractivity contribution is 7.07. The molecule has 6 nitrogen and oxygen atoms in total. The lowest BCUT2D eigenvalue weighted by Crippen LogP contribution is -2.49. The molecule has 1 aromatic heterocycles. The maximum atomic E-state index is 11.9. The summed E-state index contributed by atoms with van der Waals surface area (Å²) >= 11 is 1.58. The second kappa shape index (κ2) is 6.53. The Labute approximate surface area is 115 Å². The number of hydrogen-bond donors (Lipinski definition) is 2. The summed E-state index contributed by atoms with van der Waals surface area (Å²) in [6.07, 6.45) is -0.493. The van der Waals surface area contributed by atoms with Crippen LogP contribution in [0.1, 0.15) is 12.0 Å². The normalized spacial score (nSPS) is 19.2. The second-order valence-corrected chi connectivity index (χ2v) is 5.11. The number of carbonyl (C=O) groups is 2. The number of ether oxygens (including phenoxy) is 1. The Morgan fingerprint density at radius 3 is 3.11 bits per heavy atom. The number of carboxylic acids is 1. The Balaban J connectivity index is 1.79. The number of urea groups is 1. The summed E-state index contributed by atoms with van der Waals surface area (Å²) in [7, 11) is 0. The number of carbonyl (C=O) groups excluding carboxylic acids is 1. The minimum atomic E-state index is -0.912. The third-order valence-electron chi connectivity index (χ3n) is 2.85. The first-order valence-electron chi connectivity index (χ1n) is 6.02. The SMILES string of the molecule is O=C(O)CC1CN(C(=O)NCc2ccsc2)CCO1. The number of hydrogen-bond acceptors (Lipinski definition) is 4. The van der Waals surface area contributed by atoms with E-state index < -0.39 is 12.1 Å². The molecule has 0 aromatic carbocycles. The zero-order valence-electron chi connectivity index (χ0n) is 10.4. The lowest BCUT2D eigenvalue weighted by Gasteiger charge is -2.32. The van der Waals surface area contributed by atoms with E-state index in [-0.39, 0.29) is 12.5 Å². The van der Waals surface area contributed by atoms with Crippen LogP contribution in [0.2, 0.25) is 0 Å². The van der Waals surface area contributed by atoms with Crippen LogP contribution < -0.4 is 5.32 Å². The molecule has 1 aliphatic heterocycles. The van der Waals surface area contributed by atoms with Crippen LogP contribution in [-0.2, 0) is 16.1 Å². The second-order valence-electron chi connectivity index (χ2n) is 4.33. The van der Waals surface area contributed by atoms with Gasteiger partial charge in [0, 0.05) is 19.6 Å². The van der Waals surface area contributed by atoms with Crippen LogP contribution in [-0.4, -0.2) is 47.8 Å². The van der Waals surface area contributed by atoms with Crippen molar-refractivity contribution < 1.29 is 19.4 Å². The molecule has 1 saturated heterocycles. The molecule has 0 saturated carbocycles. The van der Waals surface area contributed by atoms with E-state index in [0.717, 1.165) is 5.56 Å². The minimum Gasteiger partial charge on any atom is -0.481 e. The quantitative estimate of drug-likeness (QED) is 0.869. The third kappa shape index (κ3) is 4.22. The number of amides is 2. The number of thiophene rings is 1. The molecule has 1 aliphatic rings.